The molecule has 1 unspecified atom stereocenters. The molecule has 1 aliphatic heterocycles. The summed E-state index contributed by atoms with van der Waals surface area (Å²) in [6.07, 6.45) is 5.41. The van der Waals surface area contributed by atoms with E-state index in [-0.39, 0.29) is 23.0 Å². The zero-order valence-corrected chi connectivity index (χ0v) is 17.6. The summed E-state index contributed by atoms with van der Waals surface area (Å²) in [6, 6.07) is 13.4. The van der Waals surface area contributed by atoms with Crippen molar-refractivity contribution in [3.63, 3.8) is 0 Å². The number of allylic oxidation sites excluding steroid dienone is 2. The minimum atomic E-state index is -1.09. The Bertz CT molecular complexity index is 1060. The standard InChI is InChI=1S/C25H26N2O5/c28-23-9-7-19(32-18-10-12-26-13-11-18)15-21(23)24(29)27-22-14-17(6-8-20(22)25(30)31)16-4-2-1-3-5-16/h1-9,15,18,22,26,28H,10-14H2,(H,27,29)(H,30,31). The highest BCUT2D eigenvalue weighted by Gasteiger charge is 2.28. The molecule has 1 aliphatic carbocycles. The Kier molecular flexibility index (Phi) is 6.56. The molecule has 1 fully saturated rings. The van der Waals surface area contributed by atoms with Gasteiger partial charge in [0.25, 0.3) is 5.91 Å². The van der Waals surface area contributed by atoms with Crippen LogP contribution in [0.4, 0.5) is 0 Å². The fraction of sp³-hybridized carbons (Fsp3) is 0.280. The number of hydrogen-bond donors (Lipinski definition) is 4. The molecule has 7 heteroatoms. The molecule has 0 saturated carbocycles. The molecule has 32 heavy (non-hydrogen) atoms. The van der Waals surface area contributed by atoms with Gasteiger partial charge in [0.05, 0.1) is 17.2 Å². The number of aromatic hydroxyl groups is 1. The molecular formula is C25H26N2O5. The third-order valence-corrected chi connectivity index (χ3v) is 5.76. The number of piperidine rings is 1. The van der Waals surface area contributed by atoms with Crippen molar-refractivity contribution >= 4 is 17.4 Å². The topological polar surface area (TPSA) is 108 Å². The fourth-order valence-corrected chi connectivity index (χ4v) is 4.03. The number of carboxylic acids is 1. The number of rotatable bonds is 6. The molecule has 0 aromatic heterocycles. The van der Waals surface area contributed by atoms with E-state index in [2.05, 4.69) is 10.6 Å². The quantitative estimate of drug-likeness (QED) is 0.556. The molecule has 1 amide bonds. The van der Waals surface area contributed by atoms with Gasteiger partial charge in [0.2, 0.25) is 0 Å². The molecular weight excluding hydrogens is 408 g/mol. The van der Waals surface area contributed by atoms with Gasteiger partial charge in [0.15, 0.2) is 0 Å². The lowest BCUT2D eigenvalue weighted by molar-refractivity contribution is -0.133. The summed E-state index contributed by atoms with van der Waals surface area (Å²) < 4.78 is 5.98. The third-order valence-electron chi connectivity index (χ3n) is 5.76. The van der Waals surface area contributed by atoms with Crippen LogP contribution in [0.3, 0.4) is 0 Å². The highest BCUT2D eigenvalue weighted by Crippen LogP contribution is 2.29. The first kappa shape index (κ1) is 21.6. The van der Waals surface area contributed by atoms with E-state index in [4.69, 9.17) is 4.74 Å². The highest BCUT2D eigenvalue weighted by atomic mass is 16.5. The van der Waals surface area contributed by atoms with Crippen molar-refractivity contribution in [1.82, 2.24) is 10.6 Å². The predicted molar refractivity (Wildman–Crippen MR) is 121 cm³/mol. The smallest absolute Gasteiger partial charge is 0.333 e. The minimum Gasteiger partial charge on any atom is -0.507 e. The average molecular weight is 434 g/mol. The summed E-state index contributed by atoms with van der Waals surface area (Å²) in [4.78, 5) is 24.8. The molecule has 0 bridgehead atoms. The summed E-state index contributed by atoms with van der Waals surface area (Å²) >= 11 is 0. The largest absolute Gasteiger partial charge is 0.507 e. The first-order valence-electron chi connectivity index (χ1n) is 10.7. The van der Waals surface area contributed by atoms with Gasteiger partial charge >= 0.3 is 5.97 Å². The molecule has 1 heterocycles. The van der Waals surface area contributed by atoms with Crippen LogP contribution in [0.2, 0.25) is 0 Å². The van der Waals surface area contributed by atoms with Gasteiger partial charge in [0.1, 0.15) is 17.6 Å². The maximum absolute atomic E-state index is 13.0. The van der Waals surface area contributed by atoms with Crippen molar-refractivity contribution in [3.8, 4) is 11.5 Å². The van der Waals surface area contributed by atoms with Gasteiger partial charge in [-0.05, 0) is 67.8 Å². The molecule has 2 aromatic rings. The van der Waals surface area contributed by atoms with Crippen LogP contribution < -0.4 is 15.4 Å². The molecule has 4 rings (SSSR count). The third kappa shape index (κ3) is 5.00. The van der Waals surface area contributed by atoms with Gasteiger partial charge in [-0.15, -0.1) is 0 Å². The molecule has 1 saturated heterocycles. The van der Waals surface area contributed by atoms with E-state index < -0.39 is 17.9 Å². The van der Waals surface area contributed by atoms with Crippen LogP contribution in [0, 0.1) is 0 Å². The van der Waals surface area contributed by atoms with Crippen LogP contribution >= 0.6 is 0 Å². The Morgan fingerprint density at radius 1 is 1.03 bits per heavy atom. The van der Waals surface area contributed by atoms with Gasteiger partial charge in [-0.2, -0.15) is 0 Å². The van der Waals surface area contributed by atoms with E-state index in [1.54, 1.807) is 12.1 Å². The number of carboxylic acid groups (broad SMARTS) is 1. The molecule has 0 spiro atoms. The number of phenols is 1. The Morgan fingerprint density at radius 2 is 1.78 bits per heavy atom. The number of ether oxygens (including phenoxy) is 1. The summed E-state index contributed by atoms with van der Waals surface area (Å²) in [5.41, 5.74) is 2.04. The first-order valence-corrected chi connectivity index (χ1v) is 10.7. The van der Waals surface area contributed by atoms with E-state index >= 15 is 0 Å². The molecule has 2 aliphatic rings. The number of aliphatic carboxylic acids is 1. The number of hydrogen-bond acceptors (Lipinski definition) is 5. The molecule has 166 valence electrons. The van der Waals surface area contributed by atoms with Crippen molar-refractivity contribution in [2.45, 2.75) is 31.4 Å². The zero-order chi connectivity index (χ0) is 22.5. The van der Waals surface area contributed by atoms with Crippen LogP contribution in [-0.4, -0.2) is 47.3 Å². The monoisotopic (exact) mass is 434 g/mol. The van der Waals surface area contributed by atoms with E-state index in [1.807, 2.05) is 30.3 Å². The van der Waals surface area contributed by atoms with E-state index in [0.717, 1.165) is 37.1 Å². The van der Waals surface area contributed by atoms with Crippen LogP contribution in [0.1, 0.15) is 35.2 Å². The van der Waals surface area contributed by atoms with Crippen LogP contribution in [0.25, 0.3) is 5.57 Å². The molecule has 7 nitrogen and oxygen atoms in total. The van der Waals surface area contributed by atoms with Crippen LogP contribution in [0.5, 0.6) is 11.5 Å². The number of benzene rings is 2. The minimum absolute atomic E-state index is 0.0511. The second kappa shape index (κ2) is 9.70. The summed E-state index contributed by atoms with van der Waals surface area (Å²) in [6.45, 7) is 1.75. The van der Waals surface area contributed by atoms with Gasteiger partial charge in [-0.25, -0.2) is 4.79 Å². The van der Waals surface area contributed by atoms with E-state index in [1.165, 1.54) is 18.2 Å². The van der Waals surface area contributed by atoms with Crippen LogP contribution in [-0.2, 0) is 4.79 Å². The van der Waals surface area contributed by atoms with Crippen molar-refractivity contribution in [3.05, 3.63) is 77.4 Å². The lowest BCUT2D eigenvalue weighted by Gasteiger charge is -2.25. The summed E-state index contributed by atoms with van der Waals surface area (Å²) in [5, 5.41) is 25.9. The highest BCUT2D eigenvalue weighted by molar-refractivity contribution is 5.99. The second-order valence-corrected chi connectivity index (χ2v) is 7.96. The van der Waals surface area contributed by atoms with Gasteiger partial charge in [-0.3, -0.25) is 4.79 Å². The molecule has 2 aromatic carbocycles. The van der Waals surface area contributed by atoms with Gasteiger partial charge in [-0.1, -0.05) is 36.4 Å². The molecule has 0 radical (unpaired) electrons. The lowest BCUT2D eigenvalue weighted by Crippen LogP contribution is -2.39. The predicted octanol–water partition coefficient (Wildman–Crippen LogP) is 3.12. The van der Waals surface area contributed by atoms with E-state index in [0.29, 0.717) is 12.2 Å². The Balaban J connectivity index is 1.52. The Hall–Kier alpha value is -3.58. The number of phenolic OH excluding ortho intramolecular Hbond substituents is 1. The number of amides is 1. The summed E-state index contributed by atoms with van der Waals surface area (Å²) in [7, 11) is 0. The average Bonchev–Trinajstić information content (AvgIpc) is 2.81. The van der Waals surface area contributed by atoms with Crippen molar-refractivity contribution in [1.29, 1.82) is 0 Å². The van der Waals surface area contributed by atoms with Crippen LogP contribution in [0.15, 0.2) is 66.3 Å². The van der Waals surface area contributed by atoms with Gasteiger partial charge in [0, 0.05) is 0 Å². The SMILES string of the molecule is O=C(O)C1=CC=C(c2ccccc2)CC1NC(=O)c1cc(OC2CCNCC2)ccc1O. The van der Waals surface area contributed by atoms with Crippen molar-refractivity contribution in [2.75, 3.05) is 13.1 Å². The number of carbonyl (C=O) groups is 2. The Morgan fingerprint density at radius 3 is 2.50 bits per heavy atom. The number of carbonyl (C=O) groups excluding carboxylic acids is 1. The lowest BCUT2D eigenvalue weighted by atomic mass is 9.89. The van der Waals surface area contributed by atoms with Crippen molar-refractivity contribution < 1.29 is 24.5 Å². The zero-order valence-electron chi connectivity index (χ0n) is 17.6. The molecule has 4 N–H and O–H groups in total. The first-order chi connectivity index (χ1) is 15.5. The Labute approximate surface area is 186 Å². The maximum Gasteiger partial charge on any atom is 0.333 e. The maximum atomic E-state index is 13.0. The van der Waals surface area contributed by atoms with E-state index in [9.17, 15) is 19.8 Å². The second-order valence-electron chi connectivity index (χ2n) is 7.96. The summed E-state index contributed by atoms with van der Waals surface area (Å²) in [5.74, 6) is -1.33. The fourth-order valence-electron chi connectivity index (χ4n) is 4.03. The molecule has 1 atom stereocenters. The normalized spacial score (nSPS) is 18.9. The number of nitrogens with one attached hydrogen (secondary N) is 2. The van der Waals surface area contributed by atoms with Gasteiger partial charge < -0.3 is 25.6 Å². The van der Waals surface area contributed by atoms with Crippen molar-refractivity contribution in [2.24, 2.45) is 0 Å².